The van der Waals surface area contributed by atoms with Crippen molar-refractivity contribution in [2.24, 2.45) is 0 Å². The fraction of sp³-hybridized carbons (Fsp3) is 0.389. The smallest absolute Gasteiger partial charge is 0.374 e. The Bertz CT molecular complexity index is 721. The summed E-state index contributed by atoms with van der Waals surface area (Å²) in [5.74, 6) is 0.665. The van der Waals surface area contributed by atoms with Gasteiger partial charge in [-0.25, -0.2) is 4.79 Å². The number of benzene rings is 1. The molecule has 2 aromatic rings. The lowest BCUT2D eigenvalue weighted by atomic mass is 10.2. The van der Waals surface area contributed by atoms with Gasteiger partial charge >= 0.3 is 5.97 Å². The number of hydrogen-bond donors (Lipinski definition) is 0. The molecule has 0 unspecified atom stereocenters. The molecule has 5 nitrogen and oxygen atoms in total. The van der Waals surface area contributed by atoms with Crippen molar-refractivity contribution >= 4 is 23.3 Å². The van der Waals surface area contributed by atoms with Gasteiger partial charge < -0.3 is 14.1 Å². The number of anilines is 1. The lowest BCUT2D eigenvalue weighted by molar-refractivity contribution is 0.0560. The predicted octanol–water partition coefficient (Wildman–Crippen LogP) is 3.35. The van der Waals surface area contributed by atoms with Crippen LogP contribution in [-0.2, 0) is 11.3 Å². The molecule has 0 saturated carbocycles. The van der Waals surface area contributed by atoms with Crippen LogP contribution in [0.5, 0.6) is 0 Å². The van der Waals surface area contributed by atoms with E-state index in [1.54, 1.807) is 0 Å². The molecule has 1 aliphatic rings. The van der Waals surface area contributed by atoms with Crippen molar-refractivity contribution in [1.29, 1.82) is 0 Å². The lowest BCUT2D eigenvalue weighted by Gasteiger charge is -2.35. The molecule has 0 amide bonds. The van der Waals surface area contributed by atoms with Crippen LogP contribution < -0.4 is 4.90 Å². The van der Waals surface area contributed by atoms with Crippen molar-refractivity contribution < 1.29 is 13.9 Å². The number of rotatable bonds is 4. The van der Waals surface area contributed by atoms with Gasteiger partial charge in [-0.2, -0.15) is 0 Å². The van der Waals surface area contributed by atoms with Gasteiger partial charge in [0.2, 0.25) is 5.76 Å². The zero-order valence-corrected chi connectivity index (χ0v) is 14.7. The number of esters is 1. The Kier molecular flexibility index (Phi) is 5.11. The van der Waals surface area contributed by atoms with Crippen LogP contribution in [0.4, 0.5) is 5.69 Å². The van der Waals surface area contributed by atoms with Gasteiger partial charge in [0.25, 0.3) is 0 Å². The van der Waals surface area contributed by atoms with Crippen LogP contribution in [0.25, 0.3) is 0 Å². The summed E-state index contributed by atoms with van der Waals surface area (Å²) in [4.78, 5) is 16.3. The number of nitrogens with zero attached hydrogens (tertiary/aromatic N) is 2. The number of ether oxygens (including phenoxy) is 1. The minimum absolute atomic E-state index is 0.296. The number of methoxy groups -OCH3 is 1. The molecule has 3 rings (SSSR count). The summed E-state index contributed by atoms with van der Waals surface area (Å²) in [5.41, 5.74) is 1.97. The molecule has 1 aliphatic heterocycles. The summed E-state index contributed by atoms with van der Waals surface area (Å²) in [6, 6.07) is 9.86. The largest absolute Gasteiger partial charge is 0.463 e. The normalized spacial score (nSPS) is 15.5. The van der Waals surface area contributed by atoms with Gasteiger partial charge in [-0.1, -0.05) is 17.7 Å². The molecular weight excluding hydrogens is 328 g/mol. The van der Waals surface area contributed by atoms with Gasteiger partial charge in [-0.15, -0.1) is 0 Å². The first-order valence-electron chi connectivity index (χ1n) is 7.97. The van der Waals surface area contributed by atoms with Gasteiger partial charge in [-0.3, -0.25) is 4.90 Å². The van der Waals surface area contributed by atoms with Gasteiger partial charge in [0, 0.05) is 42.5 Å². The van der Waals surface area contributed by atoms with Crippen molar-refractivity contribution in [3.63, 3.8) is 0 Å². The zero-order valence-electron chi connectivity index (χ0n) is 13.9. The summed E-state index contributed by atoms with van der Waals surface area (Å²) >= 11 is 6.07. The highest BCUT2D eigenvalue weighted by Gasteiger charge is 2.21. The Morgan fingerprint density at radius 1 is 1.25 bits per heavy atom. The van der Waals surface area contributed by atoms with Crippen molar-refractivity contribution in [2.45, 2.75) is 13.5 Å². The van der Waals surface area contributed by atoms with Crippen LogP contribution >= 0.6 is 11.6 Å². The zero-order chi connectivity index (χ0) is 17.1. The average Bonchev–Trinajstić information content (AvgIpc) is 2.95. The molecule has 1 aromatic carbocycles. The van der Waals surface area contributed by atoms with E-state index >= 15 is 0 Å². The van der Waals surface area contributed by atoms with Crippen molar-refractivity contribution in [3.05, 3.63) is 52.4 Å². The predicted molar refractivity (Wildman–Crippen MR) is 93.7 cm³/mol. The molecule has 0 aliphatic carbocycles. The molecule has 0 atom stereocenters. The molecule has 1 saturated heterocycles. The lowest BCUT2D eigenvalue weighted by Crippen LogP contribution is -2.45. The maximum Gasteiger partial charge on any atom is 0.374 e. The van der Waals surface area contributed by atoms with Gasteiger partial charge in [0.05, 0.1) is 13.7 Å². The van der Waals surface area contributed by atoms with Crippen molar-refractivity contribution in [3.8, 4) is 0 Å². The van der Waals surface area contributed by atoms with Crippen LogP contribution in [0.3, 0.4) is 0 Å². The molecule has 0 N–H and O–H groups in total. The first-order chi connectivity index (χ1) is 11.6. The highest BCUT2D eigenvalue weighted by molar-refractivity contribution is 6.30. The molecule has 0 bridgehead atoms. The second kappa shape index (κ2) is 7.28. The summed E-state index contributed by atoms with van der Waals surface area (Å²) < 4.78 is 10.4. The maximum atomic E-state index is 11.6. The SMILES string of the molecule is COC(=O)c1oc(CN2CCN(c3cccc(Cl)c3)CC2)cc1C. The number of piperazine rings is 1. The summed E-state index contributed by atoms with van der Waals surface area (Å²) in [7, 11) is 1.36. The maximum absolute atomic E-state index is 11.6. The van der Waals surface area contributed by atoms with Crippen LogP contribution in [0.15, 0.2) is 34.7 Å². The third-order valence-electron chi connectivity index (χ3n) is 4.26. The standard InChI is InChI=1S/C18H21ClN2O3/c1-13-10-16(24-17(13)18(22)23-2)12-20-6-8-21(9-7-20)15-5-3-4-14(19)11-15/h3-5,10-11H,6-9,12H2,1-2H3. The van der Waals surface area contributed by atoms with E-state index in [-0.39, 0.29) is 0 Å². The Morgan fingerprint density at radius 3 is 2.67 bits per heavy atom. The molecule has 6 heteroatoms. The van der Waals surface area contributed by atoms with E-state index < -0.39 is 5.97 Å². The Balaban J connectivity index is 1.59. The van der Waals surface area contributed by atoms with E-state index in [0.717, 1.165) is 48.2 Å². The first kappa shape index (κ1) is 16.9. The molecule has 1 aromatic heterocycles. The molecule has 24 heavy (non-hydrogen) atoms. The minimum atomic E-state index is -0.426. The number of carbonyl (C=O) groups is 1. The summed E-state index contributed by atoms with van der Waals surface area (Å²) in [6.07, 6.45) is 0. The van der Waals surface area contributed by atoms with Crippen LogP contribution in [0.2, 0.25) is 5.02 Å². The number of furan rings is 1. The van der Waals surface area contributed by atoms with E-state index in [9.17, 15) is 4.79 Å². The van der Waals surface area contributed by atoms with E-state index in [2.05, 4.69) is 15.9 Å². The quantitative estimate of drug-likeness (QED) is 0.793. The molecule has 0 spiro atoms. The molecular formula is C18H21ClN2O3. The molecule has 2 heterocycles. The number of aryl methyl sites for hydroxylation is 1. The number of halogens is 1. The minimum Gasteiger partial charge on any atom is -0.463 e. The van der Waals surface area contributed by atoms with Crippen LogP contribution in [0.1, 0.15) is 21.9 Å². The average molecular weight is 349 g/mol. The third kappa shape index (κ3) is 3.74. The van der Waals surface area contributed by atoms with Crippen molar-refractivity contribution in [2.75, 3.05) is 38.2 Å². The number of carbonyl (C=O) groups excluding carboxylic acids is 1. The van der Waals surface area contributed by atoms with E-state index in [1.165, 1.54) is 7.11 Å². The van der Waals surface area contributed by atoms with Gasteiger partial charge in [-0.05, 0) is 31.2 Å². The van der Waals surface area contributed by atoms with E-state index in [0.29, 0.717) is 12.3 Å². The second-order valence-corrected chi connectivity index (χ2v) is 6.40. The molecule has 1 fully saturated rings. The van der Waals surface area contributed by atoms with Crippen molar-refractivity contribution in [1.82, 2.24) is 4.90 Å². The second-order valence-electron chi connectivity index (χ2n) is 5.96. The molecule has 128 valence electrons. The third-order valence-corrected chi connectivity index (χ3v) is 4.50. The van der Waals surface area contributed by atoms with Crippen LogP contribution in [0, 0.1) is 6.92 Å². The monoisotopic (exact) mass is 348 g/mol. The van der Waals surface area contributed by atoms with Crippen LogP contribution in [-0.4, -0.2) is 44.2 Å². The summed E-state index contributed by atoms with van der Waals surface area (Å²) in [5, 5.41) is 0.760. The fourth-order valence-corrected chi connectivity index (χ4v) is 3.16. The molecule has 0 radical (unpaired) electrons. The highest BCUT2D eigenvalue weighted by Crippen LogP contribution is 2.22. The van der Waals surface area contributed by atoms with E-state index in [4.69, 9.17) is 20.8 Å². The summed E-state index contributed by atoms with van der Waals surface area (Å²) in [6.45, 7) is 6.28. The first-order valence-corrected chi connectivity index (χ1v) is 8.35. The van der Waals surface area contributed by atoms with Gasteiger partial charge in [0.1, 0.15) is 5.76 Å². The Hall–Kier alpha value is -1.98. The topological polar surface area (TPSA) is 45.9 Å². The van der Waals surface area contributed by atoms with Gasteiger partial charge in [0.15, 0.2) is 0 Å². The highest BCUT2D eigenvalue weighted by atomic mass is 35.5. The number of hydrogen-bond acceptors (Lipinski definition) is 5. The Morgan fingerprint density at radius 2 is 2.00 bits per heavy atom. The van der Waals surface area contributed by atoms with E-state index in [1.807, 2.05) is 31.2 Å². The fourth-order valence-electron chi connectivity index (χ4n) is 2.98. The Labute approximate surface area is 146 Å².